The lowest BCUT2D eigenvalue weighted by molar-refractivity contribution is 0.347. The molecule has 2 aromatic rings. The van der Waals surface area contributed by atoms with Gasteiger partial charge in [0.25, 0.3) is 0 Å². The van der Waals surface area contributed by atoms with Crippen LogP contribution in [0.4, 0.5) is 0 Å². The van der Waals surface area contributed by atoms with Gasteiger partial charge in [0.2, 0.25) is 5.90 Å². The number of aliphatic imine (C=N–C) groups is 1. The Balaban J connectivity index is 2.17. The molecular weight excluding hydrogens is 216 g/mol. The quantitative estimate of drug-likeness (QED) is 0.789. The third kappa shape index (κ3) is 1.71. The second kappa shape index (κ2) is 4.05. The molecule has 0 unspecified atom stereocenters. The smallest absolute Gasteiger partial charge is 0.235 e. The molecule has 0 saturated heterocycles. The highest BCUT2D eigenvalue weighted by Crippen LogP contribution is 2.24. The van der Waals surface area contributed by atoms with Gasteiger partial charge in [0, 0.05) is 5.39 Å². The molecule has 1 aliphatic heterocycles. The van der Waals surface area contributed by atoms with Crippen molar-refractivity contribution in [1.82, 2.24) is 4.98 Å². The minimum Gasteiger partial charge on any atom is -0.494 e. The third-order valence-corrected chi connectivity index (χ3v) is 2.71. The minimum atomic E-state index is 0.623. The van der Waals surface area contributed by atoms with Crippen LogP contribution < -0.4 is 4.74 Å². The predicted octanol–water partition coefficient (Wildman–Crippen LogP) is 2.02. The monoisotopic (exact) mass is 228 g/mol. The van der Waals surface area contributed by atoms with Gasteiger partial charge < -0.3 is 9.47 Å². The zero-order valence-electron chi connectivity index (χ0n) is 9.51. The fraction of sp³-hybridized carbons (Fsp3) is 0.231. The maximum absolute atomic E-state index is 5.41. The van der Waals surface area contributed by atoms with Crippen LogP contribution in [0.3, 0.4) is 0 Å². The van der Waals surface area contributed by atoms with Crippen LogP contribution in [-0.2, 0) is 4.74 Å². The highest BCUT2D eigenvalue weighted by Gasteiger charge is 2.13. The number of rotatable bonds is 2. The Morgan fingerprint density at radius 2 is 2.18 bits per heavy atom. The van der Waals surface area contributed by atoms with Crippen LogP contribution in [0.1, 0.15) is 5.69 Å². The number of hydrogen-bond acceptors (Lipinski definition) is 4. The van der Waals surface area contributed by atoms with Gasteiger partial charge in [0.15, 0.2) is 0 Å². The lowest BCUT2D eigenvalue weighted by Gasteiger charge is -2.06. The lowest BCUT2D eigenvalue weighted by Crippen LogP contribution is -2.04. The SMILES string of the molecule is COc1cccc2ccc(C3=NCCO3)nc12. The first-order valence-corrected chi connectivity index (χ1v) is 5.50. The average Bonchev–Trinajstić information content (AvgIpc) is 2.91. The molecule has 0 bridgehead atoms. The minimum absolute atomic E-state index is 0.623. The summed E-state index contributed by atoms with van der Waals surface area (Å²) in [5.74, 6) is 1.39. The summed E-state index contributed by atoms with van der Waals surface area (Å²) in [7, 11) is 1.65. The molecule has 0 fully saturated rings. The van der Waals surface area contributed by atoms with Crippen molar-refractivity contribution in [3.8, 4) is 5.75 Å². The van der Waals surface area contributed by atoms with Crippen molar-refractivity contribution in [3.63, 3.8) is 0 Å². The summed E-state index contributed by atoms with van der Waals surface area (Å²) in [5.41, 5.74) is 1.60. The van der Waals surface area contributed by atoms with Crippen LogP contribution in [-0.4, -0.2) is 31.1 Å². The highest BCUT2D eigenvalue weighted by molar-refractivity contribution is 5.96. The van der Waals surface area contributed by atoms with E-state index in [1.54, 1.807) is 7.11 Å². The van der Waals surface area contributed by atoms with E-state index in [1.165, 1.54) is 0 Å². The zero-order chi connectivity index (χ0) is 11.7. The molecule has 2 heterocycles. The molecule has 0 atom stereocenters. The Bertz CT molecular complexity index is 593. The van der Waals surface area contributed by atoms with Crippen LogP contribution in [0.2, 0.25) is 0 Å². The van der Waals surface area contributed by atoms with Gasteiger partial charge >= 0.3 is 0 Å². The van der Waals surface area contributed by atoms with Crippen molar-refractivity contribution in [2.24, 2.45) is 4.99 Å². The lowest BCUT2D eigenvalue weighted by atomic mass is 10.2. The second-order valence-corrected chi connectivity index (χ2v) is 3.76. The van der Waals surface area contributed by atoms with Gasteiger partial charge in [-0.3, -0.25) is 0 Å². The standard InChI is InChI=1S/C13H12N2O2/c1-16-11-4-2-3-9-5-6-10(15-12(9)11)13-14-7-8-17-13/h2-6H,7-8H2,1H3. The van der Waals surface area contributed by atoms with Gasteiger partial charge in [-0.25, -0.2) is 9.98 Å². The summed E-state index contributed by atoms with van der Waals surface area (Å²) in [6.45, 7) is 1.35. The number of benzene rings is 1. The van der Waals surface area contributed by atoms with Gasteiger partial charge in [0.1, 0.15) is 23.6 Å². The molecule has 3 rings (SSSR count). The van der Waals surface area contributed by atoms with Crippen LogP contribution in [0.25, 0.3) is 10.9 Å². The topological polar surface area (TPSA) is 43.7 Å². The Morgan fingerprint density at radius 3 is 2.94 bits per heavy atom. The van der Waals surface area contributed by atoms with Crippen molar-refractivity contribution in [2.75, 3.05) is 20.3 Å². The van der Waals surface area contributed by atoms with Crippen LogP contribution in [0, 0.1) is 0 Å². The first kappa shape index (κ1) is 10.1. The summed E-state index contributed by atoms with van der Waals surface area (Å²) in [6.07, 6.45) is 0. The largest absolute Gasteiger partial charge is 0.494 e. The van der Waals surface area contributed by atoms with E-state index >= 15 is 0 Å². The summed E-state index contributed by atoms with van der Waals surface area (Å²) in [5, 5.41) is 1.05. The molecule has 1 aliphatic rings. The molecule has 4 heteroatoms. The number of methoxy groups -OCH3 is 1. The van der Waals surface area contributed by atoms with E-state index in [0.717, 1.165) is 22.3 Å². The van der Waals surface area contributed by atoms with E-state index in [1.807, 2.05) is 30.3 Å². The van der Waals surface area contributed by atoms with E-state index in [-0.39, 0.29) is 0 Å². The fourth-order valence-electron chi connectivity index (χ4n) is 1.89. The van der Waals surface area contributed by atoms with Gasteiger partial charge in [-0.15, -0.1) is 0 Å². The number of para-hydroxylation sites is 1. The van der Waals surface area contributed by atoms with Crippen molar-refractivity contribution >= 4 is 16.8 Å². The third-order valence-electron chi connectivity index (χ3n) is 2.71. The fourth-order valence-corrected chi connectivity index (χ4v) is 1.89. The van der Waals surface area contributed by atoms with Gasteiger partial charge in [-0.1, -0.05) is 18.2 Å². The first-order valence-electron chi connectivity index (χ1n) is 5.50. The van der Waals surface area contributed by atoms with E-state index in [4.69, 9.17) is 9.47 Å². The number of pyridine rings is 1. The average molecular weight is 228 g/mol. The number of fused-ring (bicyclic) bond motifs is 1. The molecule has 0 spiro atoms. The summed E-state index contributed by atoms with van der Waals surface area (Å²) in [4.78, 5) is 8.81. The number of hydrogen-bond donors (Lipinski definition) is 0. The van der Waals surface area contributed by atoms with Crippen molar-refractivity contribution in [2.45, 2.75) is 0 Å². The Hall–Kier alpha value is -2.10. The van der Waals surface area contributed by atoms with Crippen molar-refractivity contribution < 1.29 is 9.47 Å². The summed E-state index contributed by atoms with van der Waals surface area (Å²) >= 11 is 0. The van der Waals surface area contributed by atoms with Gasteiger partial charge in [-0.05, 0) is 12.1 Å². The van der Waals surface area contributed by atoms with Crippen LogP contribution in [0.15, 0.2) is 35.3 Å². The van der Waals surface area contributed by atoms with E-state index in [0.29, 0.717) is 19.0 Å². The second-order valence-electron chi connectivity index (χ2n) is 3.76. The molecule has 0 amide bonds. The maximum Gasteiger partial charge on any atom is 0.235 e. The van der Waals surface area contributed by atoms with E-state index in [9.17, 15) is 0 Å². The van der Waals surface area contributed by atoms with E-state index < -0.39 is 0 Å². The summed E-state index contributed by atoms with van der Waals surface area (Å²) in [6, 6.07) is 9.78. The van der Waals surface area contributed by atoms with Crippen LogP contribution >= 0.6 is 0 Å². The Kier molecular flexibility index (Phi) is 2.40. The molecule has 0 saturated carbocycles. The maximum atomic E-state index is 5.41. The zero-order valence-corrected chi connectivity index (χ0v) is 9.51. The summed E-state index contributed by atoms with van der Waals surface area (Å²) < 4.78 is 10.7. The molecule has 0 radical (unpaired) electrons. The highest BCUT2D eigenvalue weighted by atomic mass is 16.5. The van der Waals surface area contributed by atoms with Crippen molar-refractivity contribution in [3.05, 3.63) is 36.0 Å². The molecule has 1 aromatic heterocycles. The van der Waals surface area contributed by atoms with Crippen molar-refractivity contribution in [1.29, 1.82) is 0 Å². The number of ether oxygens (including phenoxy) is 2. The van der Waals surface area contributed by atoms with Gasteiger partial charge in [0.05, 0.1) is 13.7 Å². The number of nitrogens with zero attached hydrogens (tertiary/aromatic N) is 2. The molecule has 1 aromatic carbocycles. The molecule has 17 heavy (non-hydrogen) atoms. The normalized spacial score (nSPS) is 14.5. The molecule has 0 aliphatic carbocycles. The molecule has 86 valence electrons. The molecular formula is C13H12N2O2. The van der Waals surface area contributed by atoms with Crippen LogP contribution in [0.5, 0.6) is 5.75 Å². The predicted molar refractivity (Wildman–Crippen MR) is 65.7 cm³/mol. The molecule has 0 N–H and O–H groups in total. The molecule has 4 nitrogen and oxygen atoms in total. The van der Waals surface area contributed by atoms with E-state index in [2.05, 4.69) is 9.98 Å². The van der Waals surface area contributed by atoms with Gasteiger partial charge in [-0.2, -0.15) is 0 Å². The first-order chi connectivity index (χ1) is 8.38. The number of aromatic nitrogens is 1. The Morgan fingerprint density at radius 1 is 1.24 bits per heavy atom. The Labute approximate surface area is 98.9 Å².